The number of aliphatic hydroxyl groups is 1. The summed E-state index contributed by atoms with van der Waals surface area (Å²) in [5.74, 6) is -0.643. The van der Waals surface area contributed by atoms with Crippen LogP contribution in [0.5, 0.6) is 0 Å². The lowest BCUT2D eigenvalue weighted by molar-refractivity contribution is -0.332. The number of carbonyl (C=O) groups excluding carboxylic acids is 1. The first kappa shape index (κ1) is 35.4. The Bertz CT molecular complexity index is 1470. The topological polar surface area (TPSA) is 102 Å². The van der Waals surface area contributed by atoms with Crippen LogP contribution >= 0.6 is 0 Å². The molecule has 1 fully saturated rings. The van der Waals surface area contributed by atoms with Crippen LogP contribution in [0.1, 0.15) is 29.2 Å². The molecule has 9 heteroatoms. The minimum Gasteiger partial charge on any atom is -0.467 e. The van der Waals surface area contributed by atoms with Crippen molar-refractivity contribution in [2.24, 2.45) is 0 Å². The van der Waals surface area contributed by atoms with Gasteiger partial charge in [0.2, 0.25) is 0 Å². The van der Waals surface area contributed by atoms with Gasteiger partial charge in [0.15, 0.2) is 12.4 Å². The molecule has 254 valence electrons. The third-order valence-corrected chi connectivity index (χ3v) is 8.08. The molecule has 0 spiro atoms. The van der Waals surface area contributed by atoms with Crippen molar-refractivity contribution in [2.75, 3.05) is 13.7 Å². The number of benzene rings is 4. The van der Waals surface area contributed by atoms with Crippen LogP contribution in [0.2, 0.25) is 0 Å². The molecule has 9 nitrogen and oxygen atoms in total. The number of aliphatic hydroxyl groups excluding tert-OH is 1. The van der Waals surface area contributed by atoms with E-state index in [1.807, 2.05) is 121 Å². The molecule has 1 heterocycles. The smallest absolute Gasteiger partial charge is 0.337 e. The van der Waals surface area contributed by atoms with E-state index < -0.39 is 48.9 Å². The van der Waals surface area contributed by atoms with Crippen molar-refractivity contribution in [1.29, 1.82) is 0 Å². The van der Waals surface area contributed by atoms with Crippen LogP contribution in [0.3, 0.4) is 0 Å². The third kappa shape index (κ3) is 10.3. The van der Waals surface area contributed by atoms with E-state index in [4.69, 9.17) is 33.2 Å². The van der Waals surface area contributed by atoms with E-state index in [1.165, 1.54) is 7.11 Å². The van der Waals surface area contributed by atoms with E-state index in [2.05, 4.69) is 0 Å². The molecule has 0 radical (unpaired) electrons. The summed E-state index contributed by atoms with van der Waals surface area (Å²) < 4.78 is 43.2. The fourth-order valence-electron chi connectivity index (χ4n) is 5.38. The van der Waals surface area contributed by atoms with Gasteiger partial charge >= 0.3 is 5.97 Å². The van der Waals surface area contributed by atoms with E-state index in [1.54, 1.807) is 6.92 Å². The number of carbonyl (C=O) groups is 1. The van der Waals surface area contributed by atoms with E-state index in [0.29, 0.717) is 6.61 Å². The molecule has 0 amide bonds. The fourth-order valence-corrected chi connectivity index (χ4v) is 5.38. The largest absolute Gasteiger partial charge is 0.467 e. The number of rotatable bonds is 17. The zero-order valence-electron chi connectivity index (χ0n) is 27.3. The summed E-state index contributed by atoms with van der Waals surface area (Å²) in [5.41, 5.74) is 3.76. The number of esters is 1. The van der Waals surface area contributed by atoms with Gasteiger partial charge in [-0.2, -0.15) is 0 Å². The van der Waals surface area contributed by atoms with Gasteiger partial charge in [-0.15, -0.1) is 0 Å². The van der Waals surface area contributed by atoms with E-state index in [9.17, 15) is 9.90 Å². The van der Waals surface area contributed by atoms with Gasteiger partial charge in [-0.1, -0.05) is 121 Å². The van der Waals surface area contributed by atoms with E-state index >= 15 is 0 Å². The van der Waals surface area contributed by atoms with Crippen LogP contribution in [0.25, 0.3) is 0 Å². The van der Waals surface area contributed by atoms with Crippen molar-refractivity contribution >= 4 is 5.97 Å². The van der Waals surface area contributed by atoms with Crippen molar-refractivity contribution < 1.29 is 43.1 Å². The van der Waals surface area contributed by atoms with E-state index in [-0.39, 0.29) is 26.4 Å². The second-order valence-corrected chi connectivity index (χ2v) is 11.6. The first-order valence-corrected chi connectivity index (χ1v) is 16.2. The first-order valence-electron chi connectivity index (χ1n) is 16.2. The molecule has 7 atom stereocenters. The average molecular weight is 657 g/mol. The average Bonchev–Trinajstić information content (AvgIpc) is 3.14. The highest BCUT2D eigenvalue weighted by molar-refractivity contribution is 5.75. The van der Waals surface area contributed by atoms with Gasteiger partial charge in [0.05, 0.1) is 46.2 Å². The summed E-state index contributed by atoms with van der Waals surface area (Å²) in [6.07, 6.45) is -6.72. The molecule has 0 aromatic heterocycles. The zero-order chi connectivity index (χ0) is 33.6. The maximum atomic E-state index is 13.3. The maximum absolute atomic E-state index is 13.3. The highest BCUT2D eigenvalue weighted by atomic mass is 16.7. The van der Waals surface area contributed by atoms with Crippen molar-refractivity contribution in [1.82, 2.24) is 0 Å². The van der Waals surface area contributed by atoms with Crippen molar-refractivity contribution in [3.8, 4) is 0 Å². The zero-order valence-corrected chi connectivity index (χ0v) is 27.3. The molecule has 0 aliphatic carbocycles. The second kappa shape index (κ2) is 18.6. The predicted molar refractivity (Wildman–Crippen MR) is 178 cm³/mol. The Kier molecular flexibility index (Phi) is 13.7. The number of ether oxygens (including phenoxy) is 7. The molecule has 48 heavy (non-hydrogen) atoms. The molecule has 4 unspecified atom stereocenters. The highest BCUT2D eigenvalue weighted by Gasteiger charge is 2.52. The summed E-state index contributed by atoms with van der Waals surface area (Å²) in [6.45, 7) is 2.71. The molecule has 5 rings (SSSR count). The van der Waals surface area contributed by atoms with Crippen LogP contribution in [0, 0.1) is 0 Å². The van der Waals surface area contributed by atoms with Crippen molar-refractivity contribution in [3.63, 3.8) is 0 Å². The third-order valence-electron chi connectivity index (χ3n) is 8.08. The maximum Gasteiger partial charge on any atom is 0.337 e. The molecule has 1 N–H and O–H groups in total. The highest BCUT2D eigenvalue weighted by Crippen LogP contribution is 2.32. The molecule has 1 aliphatic heterocycles. The lowest BCUT2D eigenvalue weighted by Gasteiger charge is -2.45. The summed E-state index contributed by atoms with van der Waals surface area (Å²) in [6, 6.07) is 38.8. The Hall–Kier alpha value is -3.93. The second-order valence-electron chi connectivity index (χ2n) is 11.6. The SMILES string of the molecule is COC(=O)C1O[C@@H](O[C@@H](C)C(O)COCc2ccccc2)C(OCc2ccccc2)C(OCc2ccccc2)[C@@H]1OCc1ccccc1. The Balaban J connectivity index is 1.40. The fraction of sp³-hybridized carbons (Fsp3) is 0.359. The van der Waals surface area contributed by atoms with Gasteiger partial charge in [0, 0.05) is 0 Å². The monoisotopic (exact) mass is 656 g/mol. The summed E-state index contributed by atoms with van der Waals surface area (Å²) in [5, 5.41) is 11.0. The normalized spacial score (nSPS) is 22.1. The molecule has 1 aliphatic rings. The Morgan fingerprint density at radius 2 is 1.06 bits per heavy atom. The van der Waals surface area contributed by atoms with Crippen molar-refractivity contribution in [3.05, 3.63) is 144 Å². The molecular weight excluding hydrogens is 612 g/mol. The molecule has 0 bridgehead atoms. The lowest BCUT2D eigenvalue weighted by atomic mass is 9.97. The van der Waals surface area contributed by atoms with Gasteiger partial charge in [-0.25, -0.2) is 4.79 Å². The van der Waals surface area contributed by atoms with Crippen molar-refractivity contribution in [2.45, 2.75) is 76.3 Å². The minimum atomic E-state index is -1.21. The molecule has 0 saturated carbocycles. The number of methoxy groups -OCH3 is 1. The Morgan fingerprint density at radius 1 is 0.646 bits per heavy atom. The van der Waals surface area contributed by atoms with Crippen LogP contribution in [-0.4, -0.2) is 67.7 Å². The van der Waals surface area contributed by atoms with Gasteiger partial charge in [0.1, 0.15) is 24.4 Å². The first-order chi connectivity index (χ1) is 23.5. The van der Waals surface area contributed by atoms with Gasteiger partial charge < -0.3 is 38.3 Å². The van der Waals surface area contributed by atoms with Crippen LogP contribution < -0.4 is 0 Å². The van der Waals surface area contributed by atoms with Gasteiger partial charge in [0.25, 0.3) is 0 Å². The summed E-state index contributed by atoms with van der Waals surface area (Å²) in [7, 11) is 1.30. The molecular formula is C39H44O9. The summed E-state index contributed by atoms with van der Waals surface area (Å²) in [4.78, 5) is 13.3. The number of hydrogen-bond acceptors (Lipinski definition) is 9. The lowest BCUT2D eigenvalue weighted by Crippen LogP contribution is -2.63. The van der Waals surface area contributed by atoms with E-state index in [0.717, 1.165) is 22.3 Å². The molecule has 4 aromatic rings. The Labute approximate surface area is 282 Å². The standard InChI is InChI=1S/C39H44O9/c1-28(33(40)27-43-23-29-15-7-3-8-16-29)47-39-37(46-26-32-21-13-6-14-22-32)35(45-25-31-19-11-5-12-20-31)34(36(48-39)38(41)42-2)44-24-30-17-9-4-10-18-30/h3-22,28,33-37,39-40H,23-27H2,1-2H3/t28-,33?,34-,35?,36?,37?,39+/m0/s1. The van der Waals surface area contributed by atoms with Crippen LogP contribution in [0.15, 0.2) is 121 Å². The minimum absolute atomic E-state index is 0.0233. The van der Waals surface area contributed by atoms with Crippen LogP contribution in [0.4, 0.5) is 0 Å². The Morgan fingerprint density at radius 3 is 1.52 bits per heavy atom. The molecule has 1 saturated heterocycles. The molecule has 4 aromatic carbocycles. The predicted octanol–water partition coefficient (Wildman–Crippen LogP) is 5.62. The quantitative estimate of drug-likeness (QED) is 0.145. The number of hydrogen-bond donors (Lipinski definition) is 1. The van der Waals surface area contributed by atoms with Gasteiger partial charge in [-0.05, 0) is 29.2 Å². The van der Waals surface area contributed by atoms with Gasteiger partial charge in [-0.3, -0.25) is 0 Å². The van der Waals surface area contributed by atoms with Crippen LogP contribution in [-0.2, 0) is 64.4 Å². The summed E-state index contributed by atoms with van der Waals surface area (Å²) >= 11 is 0.